The predicted molar refractivity (Wildman–Crippen MR) is 120 cm³/mol. The highest BCUT2D eigenvalue weighted by atomic mass is 19.1. The smallest absolute Gasteiger partial charge is 0.337 e. The summed E-state index contributed by atoms with van der Waals surface area (Å²) in [5.41, 5.74) is 4.21. The second-order valence-corrected chi connectivity index (χ2v) is 7.42. The maximum Gasteiger partial charge on any atom is 0.337 e. The Morgan fingerprint density at radius 3 is 2.72 bits per heavy atom. The molecule has 0 saturated carbocycles. The molecule has 2 heterocycles. The number of carboxylic acid groups (broad SMARTS) is 1. The third-order valence-electron chi connectivity index (χ3n) is 5.07. The molecule has 4 rings (SSSR count). The van der Waals surface area contributed by atoms with Gasteiger partial charge in [0, 0.05) is 17.8 Å². The number of nitrogens with zero attached hydrogens (tertiary/aromatic N) is 4. The van der Waals surface area contributed by atoms with Crippen LogP contribution in [0.15, 0.2) is 54.7 Å². The first-order valence-corrected chi connectivity index (χ1v) is 10.2. The molecular formula is C24H22FN5O2. The average Bonchev–Trinajstić information content (AvgIpc) is 3.20. The topological polar surface area (TPSA) is 92.9 Å². The number of anilines is 2. The van der Waals surface area contributed by atoms with Gasteiger partial charge < -0.3 is 10.4 Å². The number of hydrogen-bond acceptors (Lipinski definition) is 5. The SMILES string of the molecule is CCc1cccc(-c2cc(Nc3ccc(F)cc3C(=O)O)n(-c3nc(C)cnc3C)n2)c1. The van der Waals surface area contributed by atoms with E-state index in [-0.39, 0.29) is 11.3 Å². The van der Waals surface area contributed by atoms with Crippen molar-refractivity contribution in [3.63, 3.8) is 0 Å². The van der Waals surface area contributed by atoms with Crippen molar-refractivity contribution in [1.29, 1.82) is 0 Å². The van der Waals surface area contributed by atoms with Crippen LogP contribution in [0, 0.1) is 19.7 Å². The van der Waals surface area contributed by atoms with Gasteiger partial charge in [0.05, 0.1) is 28.3 Å². The highest BCUT2D eigenvalue weighted by Gasteiger charge is 2.18. The third-order valence-corrected chi connectivity index (χ3v) is 5.07. The number of carboxylic acids is 1. The van der Waals surface area contributed by atoms with Gasteiger partial charge in [0.15, 0.2) is 5.82 Å². The Bertz CT molecular complexity index is 1320. The Morgan fingerprint density at radius 1 is 1.16 bits per heavy atom. The van der Waals surface area contributed by atoms with Gasteiger partial charge in [0.2, 0.25) is 0 Å². The van der Waals surface area contributed by atoms with Gasteiger partial charge in [-0.3, -0.25) is 4.98 Å². The van der Waals surface area contributed by atoms with Crippen molar-refractivity contribution in [3.05, 3.63) is 83.1 Å². The van der Waals surface area contributed by atoms with E-state index in [9.17, 15) is 14.3 Å². The molecule has 162 valence electrons. The fourth-order valence-electron chi connectivity index (χ4n) is 3.39. The van der Waals surface area contributed by atoms with Gasteiger partial charge >= 0.3 is 5.97 Å². The number of aromatic nitrogens is 4. The first-order chi connectivity index (χ1) is 15.4. The number of aryl methyl sites for hydroxylation is 3. The summed E-state index contributed by atoms with van der Waals surface area (Å²) in [7, 11) is 0. The van der Waals surface area contributed by atoms with E-state index in [2.05, 4.69) is 28.3 Å². The second kappa shape index (κ2) is 8.58. The number of halogens is 1. The summed E-state index contributed by atoms with van der Waals surface area (Å²) in [5.74, 6) is -0.859. The summed E-state index contributed by atoms with van der Waals surface area (Å²) in [5, 5.41) is 17.4. The summed E-state index contributed by atoms with van der Waals surface area (Å²) in [6.45, 7) is 5.74. The molecule has 7 nitrogen and oxygen atoms in total. The molecular weight excluding hydrogens is 409 g/mol. The van der Waals surface area contributed by atoms with Gasteiger partial charge in [-0.25, -0.2) is 14.2 Å². The molecule has 4 aromatic rings. The van der Waals surface area contributed by atoms with Crippen LogP contribution < -0.4 is 5.32 Å². The van der Waals surface area contributed by atoms with Crippen LogP contribution in [0.25, 0.3) is 17.1 Å². The predicted octanol–water partition coefficient (Wildman–Crippen LogP) is 5.09. The van der Waals surface area contributed by atoms with Gasteiger partial charge in [0.1, 0.15) is 11.6 Å². The maximum atomic E-state index is 13.7. The highest BCUT2D eigenvalue weighted by molar-refractivity contribution is 5.95. The Balaban J connectivity index is 1.88. The van der Waals surface area contributed by atoms with E-state index in [4.69, 9.17) is 5.10 Å². The quantitative estimate of drug-likeness (QED) is 0.442. The molecule has 0 saturated heterocycles. The average molecular weight is 431 g/mol. The Kier molecular flexibility index (Phi) is 5.68. The van der Waals surface area contributed by atoms with E-state index >= 15 is 0 Å². The van der Waals surface area contributed by atoms with Crippen molar-refractivity contribution < 1.29 is 14.3 Å². The maximum absolute atomic E-state index is 13.7. The molecule has 0 amide bonds. The molecule has 32 heavy (non-hydrogen) atoms. The Hall–Kier alpha value is -4.07. The van der Waals surface area contributed by atoms with Crippen LogP contribution in [-0.4, -0.2) is 30.8 Å². The molecule has 0 unspecified atom stereocenters. The van der Waals surface area contributed by atoms with Gasteiger partial charge in [-0.15, -0.1) is 0 Å². The number of aromatic carboxylic acids is 1. The molecule has 0 aliphatic carbocycles. The lowest BCUT2D eigenvalue weighted by atomic mass is 10.1. The summed E-state index contributed by atoms with van der Waals surface area (Å²) >= 11 is 0. The Morgan fingerprint density at radius 2 is 1.97 bits per heavy atom. The number of nitrogens with one attached hydrogen (secondary N) is 1. The fraction of sp³-hybridized carbons (Fsp3) is 0.167. The zero-order valence-corrected chi connectivity index (χ0v) is 17.9. The van der Waals surface area contributed by atoms with Gasteiger partial charge in [-0.05, 0) is 50.1 Å². The lowest BCUT2D eigenvalue weighted by Crippen LogP contribution is -2.10. The molecule has 2 aromatic carbocycles. The van der Waals surface area contributed by atoms with E-state index in [0.29, 0.717) is 23.0 Å². The van der Waals surface area contributed by atoms with E-state index in [1.54, 1.807) is 10.9 Å². The zero-order chi connectivity index (χ0) is 22.8. The van der Waals surface area contributed by atoms with Gasteiger partial charge in [-0.1, -0.05) is 25.1 Å². The third kappa shape index (κ3) is 4.20. The highest BCUT2D eigenvalue weighted by Crippen LogP contribution is 2.29. The van der Waals surface area contributed by atoms with Crippen LogP contribution in [0.1, 0.15) is 34.2 Å². The van der Waals surface area contributed by atoms with Gasteiger partial charge in [0.25, 0.3) is 0 Å². The number of hydrogen-bond donors (Lipinski definition) is 2. The molecule has 0 aliphatic heterocycles. The van der Waals surface area contributed by atoms with Crippen LogP contribution in [0.3, 0.4) is 0 Å². The van der Waals surface area contributed by atoms with Crippen LogP contribution >= 0.6 is 0 Å². The molecule has 2 aromatic heterocycles. The van der Waals surface area contributed by atoms with Crippen molar-refractivity contribution >= 4 is 17.5 Å². The minimum atomic E-state index is -1.24. The number of benzene rings is 2. The molecule has 0 radical (unpaired) electrons. The van der Waals surface area contributed by atoms with Crippen LogP contribution in [0.2, 0.25) is 0 Å². The molecule has 8 heteroatoms. The largest absolute Gasteiger partial charge is 0.478 e. The zero-order valence-electron chi connectivity index (χ0n) is 17.9. The first kappa shape index (κ1) is 21.2. The molecule has 0 fully saturated rings. The van der Waals surface area contributed by atoms with E-state index < -0.39 is 11.8 Å². The summed E-state index contributed by atoms with van der Waals surface area (Å²) < 4.78 is 15.3. The molecule has 0 spiro atoms. The van der Waals surface area contributed by atoms with Crippen LogP contribution in [0.5, 0.6) is 0 Å². The minimum absolute atomic E-state index is 0.181. The summed E-state index contributed by atoms with van der Waals surface area (Å²) in [6, 6.07) is 13.4. The summed E-state index contributed by atoms with van der Waals surface area (Å²) in [6.07, 6.45) is 2.56. The lowest BCUT2D eigenvalue weighted by Gasteiger charge is -2.12. The van der Waals surface area contributed by atoms with E-state index in [1.165, 1.54) is 17.7 Å². The second-order valence-electron chi connectivity index (χ2n) is 7.42. The first-order valence-electron chi connectivity index (χ1n) is 10.2. The van der Waals surface area contributed by atoms with Crippen LogP contribution in [0.4, 0.5) is 15.9 Å². The number of carbonyl (C=O) groups is 1. The molecule has 0 aliphatic rings. The monoisotopic (exact) mass is 431 g/mol. The minimum Gasteiger partial charge on any atom is -0.478 e. The lowest BCUT2D eigenvalue weighted by molar-refractivity contribution is 0.0697. The molecule has 0 atom stereocenters. The standard InChI is InChI=1S/C24H22FN5O2/c1-4-16-6-5-7-17(10-16)21-12-22(28-20-9-8-18(25)11-19(20)24(31)32)30(29-21)23-15(3)26-13-14(2)27-23/h5-13,28H,4H2,1-3H3,(H,31,32). The fourth-order valence-corrected chi connectivity index (χ4v) is 3.39. The van der Waals surface area contributed by atoms with Crippen molar-refractivity contribution in [2.45, 2.75) is 27.2 Å². The van der Waals surface area contributed by atoms with Crippen molar-refractivity contribution in [2.24, 2.45) is 0 Å². The summed E-state index contributed by atoms with van der Waals surface area (Å²) in [4.78, 5) is 20.6. The van der Waals surface area contributed by atoms with Crippen molar-refractivity contribution in [1.82, 2.24) is 19.7 Å². The molecule has 0 bridgehead atoms. The van der Waals surface area contributed by atoms with Crippen molar-refractivity contribution in [3.8, 4) is 17.1 Å². The molecule has 2 N–H and O–H groups in total. The van der Waals surface area contributed by atoms with E-state index in [1.807, 2.05) is 38.1 Å². The van der Waals surface area contributed by atoms with E-state index in [0.717, 1.165) is 23.7 Å². The van der Waals surface area contributed by atoms with Crippen molar-refractivity contribution in [2.75, 3.05) is 5.32 Å². The number of rotatable bonds is 6. The Labute approximate surface area is 184 Å². The normalized spacial score (nSPS) is 10.9. The van der Waals surface area contributed by atoms with Gasteiger partial charge in [-0.2, -0.15) is 9.78 Å². The van der Waals surface area contributed by atoms with Crippen LogP contribution in [-0.2, 0) is 6.42 Å².